The first kappa shape index (κ1) is 20.5. The van der Waals surface area contributed by atoms with Crippen molar-refractivity contribution < 1.29 is 32.7 Å². The van der Waals surface area contributed by atoms with Gasteiger partial charge < -0.3 is 23.1 Å². The number of carbonyl (C=O) groups is 2. The molecular formula is C14H24O7Si. The van der Waals surface area contributed by atoms with Crippen LogP contribution in [-0.2, 0) is 27.6 Å². The van der Waals surface area contributed by atoms with Gasteiger partial charge in [0.1, 0.15) is 0 Å². The number of carbonyl (C=O) groups excluding carboxylic acids is 1. The molecule has 0 aliphatic heterocycles. The molecule has 0 rings (SSSR count). The second kappa shape index (κ2) is 9.52. The van der Waals surface area contributed by atoms with E-state index in [1.807, 2.05) is 0 Å². The molecule has 0 radical (unpaired) electrons. The predicted octanol–water partition coefficient (Wildman–Crippen LogP) is 1.70. The summed E-state index contributed by atoms with van der Waals surface area (Å²) in [5.41, 5.74) is 0.426. The van der Waals surface area contributed by atoms with Gasteiger partial charge in [0.05, 0.1) is 6.61 Å². The maximum absolute atomic E-state index is 11.3. The van der Waals surface area contributed by atoms with Crippen LogP contribution >= 0.6 is 0 Å². The van der Waals surface area contributed by atoms with E-state index in [-0.39, 0.29) is 12.2 Å². The molecule has 0 aliphatic carbocycles. The third-order valence-corrected chi connectivity index (χ3v) is 6.08. The van der Waals surface area contributed by atoms with Crippen molar-refractivity contribution in [3.8, 4) is 0 Å². The van der Waals surface area contributed by atoms with E-state index in [9.17, 15) is 14.7 Å². The van der Waals surface area contributed by atoms with Crippen LogP contribution in [0.2, 0.25) is 0 Å². The summed E-state index contributed by atoms with van der Waals surface area (Å²) in [4.78, 5) is 22.6. The number of esters is 1. The molecule has 1 N–H and O–H groups in total. The third-order valence-electron chi connectivity index (χ3n) is 3.10. The first-order valence-electron chi connectivity index (χ1n) is 6.67. The second-order valence-corrected chi connectivity index (χ2v) is 7.54. The minimum Gasteiger partial charge on any atom is -0.478 e. The van der Waals surface area contributed by atoms with E-state index in [1.165, 1.54) is 28.3 Å². The number of rotatable bonds is 10. The first-order valence-corrected chi connectivity index (χ1v) is 8.39. The Morgan fingerprint density at radius 3 is 1.95 bits per heavy atom. The van der Waals surface area contributed by atoms with Gasteiger partial charge in [0.15, 0.2) is 0 Å². The number of hydrogen-bond donors (Lipinski definition) is 1. The number of carboxylic acids is 1. The normalized spacial score (nSPS) is 12.6. The van der Waals surface area contributed by atoms with Crippen LogP contribution in [0.4, 0.5) is 0 Å². The van der Waals surface area contributed by atoms with Gasteiger partial charge in [-0.25, -0.2) is 9.59 Å². The van der Waals surface area contributed by atoms with Gasteiger partial charge in [-0.15, -0.1) is 0 Å². The molecule has 0 aliphatic rings. The van der Waals surface area contributed by atoms with Gasteiger partial charge in [-0.2, -0.15) is 0 Å². The zero-order chi connectivity index (χ0) is 17.3. The highest BCUT2D eigenvalue weighted by atomic mass is 28.4. The largest absolute Gasteiger partial charge is 0.532 e. The summed E-state index contributed by atoms with van der Waals surface area (Å²) in [6, 6.07) is 0. The van der Waals surface area contributed by atoms with Gasteiger partial charge >= 0.3 is 20.7 Å². The van der Waals surface area contributed by atoms with Gasteiger partial charge in [-0.05, 0) is 26.7 Å². The van der Waals surface area contributed by atoms with Gasteiger partial charge in [0.2, 0.25) is 0 Å². The Kier molecular flexibility index (Phi) is 8.88. The van der Waals surface area contributed by atoms with Crippen LogP contribution in [0, 0.1) is 0 Å². The zero-order valence-corrected chi connectivity index (χ0v) is 14.7. The quantitative estimate of drug-likeness (QED) is 0.282. The highest BCUT2D eigenvalue weighted by Gasteiger charge is 2.44. The molecule has 0 atom stereocenters. The molecule has 8 heteroatoms. The van der Waals surface area contributed by atoms with Crippen LogP contribution in [0.3, 0.4) is 0 Å². The van der Waals surface area contributed by atoms with Crippen LogP contribution in [0.5, 0.6) is 0 Å². The lowest BCUT2D eigenvalue weighted by Crippen LogP contribution is -2.46. The van der Waals surface area contributed by atoms with Crippen molar-refractivity contribution in [2.45, 2.75) is 26.7 Å². The molecule has 0 saturated heterocycles. The van der Waals surface area contributed by atoms with Gasteiger partial charge in [-0.3, -0.25) is 0 Å². The molecule has 0 aromatic rings. The number of allylic oxidation sites excluding steroid dienone is 1. The Balaban J connectivity index is 5.08. The third kappa shape index (κ3) is 5.37. The van der Waals surface area contributed by atoms with E-state index >= 15 is 0 Å². The lowest BCUT2D eigenvalue weighted by atomic mass is 10.2. The Morgan fingerprint density at radius 2 is 1.59 bits per heavy atom. The summed E-state index contributed by atoms with van der Waals surface area (Å²) < 4.78 is 21.0. The molecule has 7 nitrogen and oxygen atoms in total. The Hall–Kier alpha value is -1.48. The van der Waals surface area contributed by atoms with Crippen molar-refractivity contribution in [1.29, 1.82) is 0 Å². The monoisotopic (exact) mass is 332 g/mol. The molecule has 0 bridgehead atoms. The fourth-order valence-corrected chi connectivity index (χ4v) is 4.14. The molecule has 0 aromatic carbocycles. The topological polar surface area (TPSA) is 91.3 Å². The Morgan fingerprint density at radius 1 is 1.09 bits per heavy atom. The van der Waals surface area contributed by atoms with E-state index in [4.69, 9.17) is 18.0 Å². The maximum atomic E-state index is 11.3. The SMILES string of the molecule is C=C(C)C(=O)OCCCC(=C(C)C(=O)O)[Si](OC)(OC)OC. The van der Waals surface area contributed by atoms with Crippen LogP contribution in [0.1, 0.15) is 26.7 Å². The summed E-state index contributed by atoms with van der Waals surface area (Å²) in [7, 11) is 1.01. The Bertz CT molecular complexity index is 444. The van der Waals surface area contributed by atoms with Gasteiger partial charge in [-0.1, -0.05) is 6.58 Å². The number of ether oxygens (including phenoxy) is 1. The van der Waals surface area contributed by atoms with Crippen molar-refractivity contribution in [3.05, 3.63) is 22.9 Å². The summed E-state index contributed by atoms with van der Waals surface area (Å²) in [5.74, 6) is -1.55. The van der Waals surface area contributed by atoms with E-state index in [0.717, 1.165) is 0 Å². The number of carboxylic acid groups (broad SMARTS) is 1. The number of hydrogen-bond acceptors (Lipinski definition) is 6. The molecule has 126 valence electrons. The minimum atomic E-state index is -3.23. The fourth-order valence-electron chi connectivity index (χ4n) is 1.86. The van der Waals surface area contributed by atoms with E-state index < -0.39 is 20.7 Å². The standard InChI is InChI=1S/C14H24O7Si/c1-10(2)14(17)21-9-7-8-12(11(3)13(15)16)22(18-4,19-5)20-6/h1,7-9H2,2-6H3,(H,15,16). The van der Waals surface area contributed by atoms with Crippen molar-refractivity contribution in [1.82, 2.24) is 0 Å². The average Bonchev–Trinajstić information content (AvgIpc) is 2.49. The van der Waals surface area contributed by atoms with Gasteiger partial charge in [0.25, 0.3) is 0 Å². The molecule has 0 spiro atoms. The molecular weight excluding hydrogens is 308 g/mol. The van der Waals surface area contributed by atoms with Crippen molar-refractivity contribution >= 4 is 20.7 Å². The second-order valence-electron chi connectivity index (χ2n) is 4.60. The van der Waals surface area contributed by atoms with E-state index in [0.29, 0.717) is 23.6 Å². The zero-order valence-electron chi connectivity index (χ0n) is 13.7. The lowest BCUT2D eigenvalue weighted by Gasteiger charge is -2.28. The minimum absolute atomic E-state index is 0.114. The van der Waals surface area contributed by atoms with Gasteiger partial charge in [0, 0.05) is 37.7 Å². The summed E-state index contributed by atoms with van der Waals surface area (Å²) in [5, 5.41) is 9.68. The molecule has 0 unspecified atom stereocenters. The highest BCUT2D eigenvalue weighted by molar-refractivity contribution is 6.69. The van der Waals surface area contributed by atoms with Crippen LogP contribution in [-0.4, -0.2) is 53.8 Å². The summed E-state index contributed by atoms with van der Waals surface area (Å²) in [6.45, 7) is 6.65. The summed E-state index contributed by atoms with van der Waals surface area (Å²) in [6.07, 6.45) is 0.743. The molecule has 0 fully saturated rings. The van der Waals surface area contributed by atoms with E-state index in [2.05, 4.69) is 6.58 Å². The number of aliphatic carboxylic acids is 1. The maximum Gasteiger partial charge on any atom is 0.532 e. The first-order chi connectivity index (χ1) is 10.3. The molecule has 0 heterocycles. The molecule has 0 aromatic heterocycles. The fraction of sp³-hybridized carbons (Fsp3) is 0.571. The smallest absolute Gasteiger partial charge is 0.478 e. The van der Waals surface area contributed by atoms with Crippen molar-refractivity contribution in [2.24, 2.45) is 0 Å². The van der Waals surface area contributed by atoms with Crippen LogP contribution in [0.25, 0.3) is 0 Å². The van der Waals surface area contributed by atoms with E-state index in [1.54, 1.807) is 6.92 Å². The highest BCUT2D eigenvalue weighted by Crippen LogP contribution is 2.26. The van der Waals surface area contributed by atoms with Crippen molar-refractivity contribution in [2.75, 3.05) is 27.9 Å². The molecule has 0 saturated carbocycles. The van der Waals surface area contributed by atoms with Crippen molar-refractivity contribution in [3.63, 3.8) is 0 Å². The lowest BCUT2D eigenvalue weighted by molar-refractivity contribution is -0.139. The van der Waals surface area contributed by atoms with Crippen LogP contribution < -0.4 is 0 Å². The van der Waals surface area contributed by atoms with Crippen LogP contribution in [0.15, 0.2) is 22.9 Å². The Labute approximate surface area is 131 Å². The molecule has 22 heavy (non-hydrogen) atoms. The predicted molar refractivity (Wildman–Crippen MR) is 82.1 cm³/mol. The average molecular weight is 332 g/mol. The summed E-state index contributed by atoms with van der Waals surface area (Å²) >= 11 is 0. The molecule has 0 amide bonds.